The second-order valence-electron chi connectivity index (χ2n) is 5.19. The Labute approximate surface area is 139 Å². The number of carbonyl (C=O) groups is 1. The number of carboxylic acid groups (broad SMARTS) is 1. The van der Waals surface area contributed by atoms with E-state index in [1.54, 1.807) is 11.3 Å². The van der Waals surface area contributed by atoms with E-state index in [1.165, 1.54) is 0 Å². The van der Waals surface area contributed by atoms with Gasteiger partial charge in [0.1, 0.15) is 6.04 Å². The molecular weight excluding hydrogens is 318 g/mol. The predicted octanol–water partition coefficient (Wildman–Crippen LogP) is 4.80. The van der Waals surface area contributed by atoms with E-state index >= 15 is 0 Å². The summed E-state index contributed by atoms with van der Waals surface area (Å²) in [6, 6.07) is 11.4. The number of benzene rings is 1. The molecule has 0 aliphatic carbocycles. The highest BCUT2D eigenvalue weighted by Gasteiger charge is 2.16. The van der Waals surface area contributed by atoms with Crippen LogP contribution in [0.25, 0.3) is 10.4 Å². The molecule has 118 valence electrons. The van der Waals surface area contributed by atoms with Gasteiger partial charge in [-0.3, -0.25) is 10.1 Å². The number of thiophene rings is 1. The number of nitrogens with one attached hydrogen (secondary N) is 1. The van der Waals surface area contributed by atoms with E-state index in [9.17, 15) is 9.90 Å². The number of rotatable bonds is 8. The van der Waals surface area contributed by atoms with Crippen molar-refractivity contribution < 1.29 is 9.90 Å². The van der Waals surface area contributed by atoms with Gasteiger partial charge in [-0.05, 0) is 36.2 Å². The summed E-state index contributed by atoms with van der Waals surface area (Å²) in [7, 11) is 0. The number of unbranched alkanes of at least 4 members (excludes halogenated alkanes) is 1. The van der Waals surface area contributed by atoms with Gasteiger partial charge in [-0.25, -0.2) is 0 Å². The Kier molecular flexibility index (Phi) is 6.43. The summed E-state index contributed by atoms with van der Waals surface area (Å²) in [6.07, 6.45) is 2.59. The van der Waals surface area contributed by atoms with Crippen molar-refractivity contribution >= 4 is 28.9 Å². The maximum atomic E-state index is 11.2. The van der Waals surface area contributed by atoms with Crippen molar-refractivity contribution in [2.45, 2.75) is 38.8 Å². The van der Waals surface area contributed by atoms with Crippen LogP contribution in [0.5, 0.6) is 0 Å². The first kappa shape index (κ1) is 17.0. The van der Waals surface area contributed by atoms with Crippen LogP contribution in [-0.2, 0) is 11.3 Å². The van der Waals surface area contributed by atoms with Gasteiger partial charge in [0.15, 0.2) is 0 Å². The van der Waals surface area contributed by atoms with Crippen LogP contribution in [0.1, 0.15) is 31.1 Å². The maximum absolute atomic E-state index is 11.2. The molecule has 1 aromatic heterocycles. The van der Waals surface area contributed by atoms with Crippen LogP contribution in [0.4, 0.5) is 0 Å². The van der Waals surface area contributed by atoms with Crippen molar-refractivity contribution in [3.63, 3.8) is 0 Å². The van der Waals surface area contributed by atoms with E-state index in [0.29, 0.717) is 13.0 Å². The maximum Gasteiger partial charge on any atom is 0.320 e. The lowest BCUT2D eigenvalue weighted by Gasteiger charge is -2.13. The van der Waals surface area contributed by atoms with E-state index in [2.05, 4.69) is 18.3 Å². The van der Waals surface area contributed by atoms with Crippen LogP contribution in [0, 0.1) is 0 Å². The molecule has 0 unspecified atom stereocenters. The van der Waals surface area contributed by atoms with E-state index in [0.717, 1.165) is 33.2 Å². The first-order chi connectivity index (χ1) is 10.6. The fraction of sp³-hybridized carbons (Fsp3) is 0.353. The van der Waals surface area contributed by atoms with E-state index < -0.39 is 12.0 Å². The molecule has 1 aromatic carbocycles. The Morgan fingerprint density at radius 1 is 1.36 bits per heavy atom. The molecule has 2 aromatic rings. The van der Waals surface area contributed by atoms with Crippen molar-refractivity contribution in [1.82, 2.24) is 5.32 Å². The summed E-state index contributed by atoms with van der Waals surface area (Å²) in [5.41, 5.74) is 1.09. The normalized spacial score (nSPS) is 12.3. The molecule has 0 radical (unpaired) electrons. The summed E-state index contributed by atoms with van der Waals surface area (Å²) in [4.78, 5) is 13.5. The summed E-state index contributed by atoms with van der Waals surface area (Å²) in [6.45, 7) is 2.64. The number of halogens is 1. The monoisotopic (exact) mass is 337 g/mol. The van der Waals surface area contributed by atoms with Gasteiger partial charge < -0.3 is 5.11 Å². The zero-order valence-electron chi connectivity index (χ0n) is 12.5. The van der Waals surface area contributed by atoms with Crippen molar-refractivity contribution in [2.24, 2.45) is 0 Å². The van der Waals surface area contributed by atoms with Gasteiger partial charge in [-0.1, -0.05) is 43.5 Å². The lowest BCUT2D eigenvalue weighted by atomic mass is 10.1. The number of hydrogen-bond acceptors (Lipinski definition) is 3. The summed E-state index contributed by atoms with van der Waals surface area (Å²) in [5, 5.41) is 13.1. The minimum atomic E-state index is -0.778. The van der Waals surface area contributed by atoms with Crippen LogP contribution in [-0.4, -0.2) is 17.1 Å². The molecule has 0 saturated carbocycles. The number of aliphatic carboxylic acids is 1. The quantitative estimate of drug-likeness (QED) is 0.727. The summed E-state index contributed by atoms with van der Waals surface area (Å²) >= 11 is 7.67. The molecule has 1 atom stereocenters. The third kappa shape index (κ3) is 4.83. The smallest absolute Gasteiger partial charge is 0.320 e. The second-order valence-corrected chi connectivity index (χ2v) is 6.80. The van der Waals surface area contributed by atoms with Gasteiger partial charge in [-0.15, -0.1) is 11.3 Å². The fourth-order valence-electron chi connectivity index (χ4n) is 2.21. The summed E-state index contributed by atoms with van der Waals surface area (Å²) in [5.74, 6) is -0.778. The molecule has 5 heteroatoms. The largest absolute Gasteiger partial charge is 0.480 e. The third-order valence-corrected chi connectivity index (χ3v) is 4.81. The Balaban J connectivity index is 1.98. The van der Waals surface area contributed by atoms with Gasteiger partial charge in [0.05, 0.1) is 0 Å². The van der Waals surface area contributed by atoms with Crippen molar-refractivity contribution in [2.75, 3.05) is 0 Å². The van der Waals surface area contributed by atoms with E-state index in [-0.39, 0.29) is 0 Å². The molecule has 2 rings (SSSR count). The Hall–Kier alpha value is -1.36. The molecule has 0 amide bonds. The second kappa shape index (κ2) is 8.32. The number of carboxylic acids is 1. The SMILES string of the molecule is CCCC[C@H](NCc1ccc(-c2cccc(Cl)c2)s1)C(=O)O. The van der Waals surface area contributed by atoms with Gasteiger partial charge in [0, 0.05) is 21.3 Å². The minimum absolute atomic E-state index is 0.475. The molecule has 0 aliphatic rings. The van der Waals surface area contributed by atoms with Gasteiger partial charge in [0.2, 0.25) is 0 Å². The highest BCUT2D eigenvalue weighted by atomic mass is 35.5. The molecule has 2 N–H and O–H groups in total. The van der Waals surface area contributed by atoms with E-state index in [1.807, 2.05) is 30.3 Å². The van der Waals surface area contributed by atoms with Crippen LogP contribution in [0.15, 0.2) is 36.4 Å². The van der Waals surface area contributed by atoms with Gasteiger partial charge in [0.25, 0.3) is 0 Å². The van der Waals surface area contributed by atoms with Crippen molar-refractivity contribution in [3.05, 3.63) is 46.3 Å². The highest BCUT2D eigenvalue weighted by Crippen LogP contribution is 2.29. The molecule has 3 nitrogen and oxygen atoms in total. The van der Waals surface area contributed by atoms with Gasteiger partial charge >= 0.3 is 5.97 Å². The predicted molar refractivity (Wildman–Crippen MR) is 92.6 cm³/mol. The van der Waals surface area contributed by atoms with E-state index in [4.69, 9.17) is 11.6 Å². The van der Waals surface area contributed by atoms with Crippen molar-refractivity contribution in [3.8, 4) is 10.4 Å². The zero-order chi connectivity index (χ0) is 15.9. The Bertz CT molecular complexity index is 627. The molecule has 0 saturated heterocycles. The van der Waals surface area contributed by atoms with Crippen molar-refractivity contribution in [1.29, 1.82) is 0 Å². The molecule has 0 aliphatic heterocycles. The topological polar surface area (TPSA) is 49.3 Å². The molecule has 1 heterocycles. The Morgan fingerprint density at radius 3 is 2.86 bits per heavy atom. The molecule has 0 spiro atoms. The fourth-order valence-corrected chi connectivity index (χ4v) is 3.36. The lowest BCUT2D eigenvalue weighted by molar-refractivity contribution is -0.139. The van der Waals surface area contributed by atoms with Crippen LogP contribution in [0.2, 0.25) is 5.02 Å². The van der Waals surface area contributed by atoms with Gasteiger partial charge in [-0.2, -0.15) is 0 Å². The molecule has 22 heavy (non-hydrogen) atoms. The Morgan fingerprint density at radius 2 is 2.18 bits per heavy atom. The molecular formula is C17H20ClNO2S. The standard InChI is InChI=1S/C17H20ClNO2S/c1-2-3-7-15(17(20)21)19-11-14-8-9-16(22-14)12-5-4-6-13(18)10-12/h4-6,8-10,15,19H,2-3,7,11H2,1H3,(H,20,21)/t15-/m0/s1. The third-order valence-electron chi connectivity index (χ3n) is 3.44. The average molecular weight is 338 g/mol. The molecule has 0 fully saturated rings. The highest BCUT2D eigenvalue weighted by molar-refractivity contribution is 7.15. The number of hydrogen-bond donors (Lipinski definition) is 2. The van der Waals surface area contributed by atoms with Crippen LogP contribution >= 0.6 is 22.9 Å². The minimum Gasteiger partial charge on any atom is -0.480 e. The zero-order valence-corrected chi connectivity index (χ0v) is 14.1. The lowest BCUT2D eigenvalue weighted by Crippen LogP contribution is -2.35. The van der Waals surface area contributed by atoms with Crippen LogP contribution in [0.3, 0.4) is 0 Å². The first-order valence-corrected chi connectivity index (χ1v) is 8.60. The first-order valence-electron chi connectivity index (χ1n) is 7.41. The average Bonchev–Trinajstić information content (AvgIpc) is 2.96. The van der Waals surface area contributed by atoms with Crippen LogP contribution < -0.4 is 5.32 Å². The summed E-state index contributed by atoms with van der Waals surface area (Å²) < 4.78 is 0. The molecule has 0 bridgehead atoms.